The number of pyridine rings is 1. The molecule has 4 rings (SSSR count). The molecule has 0 saturated heterocycles. The molecule has 0 aliphatic heterocycles. The van der Waals surface area contributed by atoms with Gasteiger partial charge in [-0.25, -0.2) is 9.78 Å². The number of carbonyl (C=O) groups excluding carboxylic acids is 2. The molecule has 0 spiro atoms. The van der Waals surface area contributed by atoms with E-state index in [-0.39, 0.29) is 24.5 Å². The van der Waals surface area contributed by atoms with E-state index in [1.54, 1.807) is 41.0 Å². The Hall–Kier alpha value is -4.25. The van der Waals surface area contributed by atoms with Crippen molar-refractivity contribution in [3.05, 3.63) is 75.5 Å². The standard InChI is InChI=1S/C23H20N4O6S/c1-3-32-23(29)20-17(15-6-8-16(9-7-15)27(30)31)13-34-22(20)25-19(28)12-33-18-5-4-10-26-11-14(2)24-21(18)26/h4-11,13H,3,12H2,1-2H3,(H,25,28). The number of rotatable bonds is 8. The molecular weight excluding hydrogens is 460 g/mol. The Morgan fingerprint density at radius 3 is 2.71 bits per heavy atom. The third-order valence-electron chi connectivity index (χ3n) is 4.84. The van der Waals surface area contributed by atoms with Gasteiger partial charge in [0.05, 0.1) is 17.2 Å². The van der Waals surface area contributed by atoms with Crippen LogP contribution in [0.4, 0.5) is 10.7 Å². The van der Waals surface area contributed by atoms with Crippen LogP contribution in [0.25, 0.3) is 16.8 Å². The summed E-state index contributed by atoms with van der Waals surface area (Å²) in [6.45, 7) is 3.40. The number of fused-ring (bicyclic) bond motifs is 1. The summed E-state index contributed by atoms with van der Waals surface area (Å²) in [7, 11) is 0. The number of esters is 1. The number of nitro groups is 1. The SMILES string of the molecule is CCOC(=O)c1c(-c2ccc([N+](=O)[O-])cc2)csc1NC(=O)COc1cccn2cc(C)nc12. The lowest BCUT2D eigenvalue weighted by atomic mass is 10.0. The molecule has 0 atom stereocenters. The first-order chi connectivity index (χ1) is 16.4. The minimum Gasteiger partial charge on any atom is -0.480 e. The quantitative estimate of drug-likeness (QED) is 0.224. The van der Waals surface area contributed by atoms with Crippen LogP contribution < -0.4 is 10.1 Å². The fourth-order valence-electron chi connectivity index (χ4n) is 3.36. The van der Waals surface area contributed by atoms with Crippen LogP contribution in [0.3, 0.4) is 0 Å². The number of aryl methyl sites for hydroxylation is 1. The van der Waals surface area contributed by atoms with Gasteiger partial charge in [-0.15, -0.1) is 11.3 Å². The number of benzene rings is 1. The van der Waals surface area contributed by atoms with Crippen molar-refractivity contribution in [3.8, 4) is 16.9 Å². The Morgan fingerprint density at radius 1 is 1.24 bits per heavy atom. The molecule has 0 fully saturated rings. The van der Waals surface area contributed by atoms with Crippen molar-refractivity contribution in [2.75, 3.05) is 18.5 Å². The van der Waals surface area contributed by atoms with Crippen LogP contribution >= 0.6 is 11.3 Å². The van der Waals surface area contributed by atoms with Gasteiger partial charge in [-0.3, -0.25) is 14.9 Å². The Kier molecular flexibility index (Phi) is 6.55. The zero-order chi connectivity index (χ0) is 24.2. The number of hydrogen-bond donors (Lipinski definition) is 1. The van der Waals surface area contributed by atoms with Crippen LogP contribution in [-0.4, -0.2) is 39.4 Å². The number of hydrogen-bond acceptors (Lipinski definition) is 8. The highest BCUT2D eigenvalue weighted by molar-refractivity contribution is 7.15. The maximum Gasteiger partial charge on any atom is 0.341 e. The van der Waals surface area contributed by atoms with Gasteiger partial charge in [-0.05, 0) is 43.7 Å². The van der Waals surface area contributed by atoms with Gasteiger partial charge in [0.25, 0.3) is 11.6 Å². The third-order valence-corrected chi connectivity index (χ3v) is 5.73. The lowest BCUT2D eigenvalue weighted by Gasteiger charge is -2.10. The largest absolute Gasteiger partial charge is 0.480 e. The van der Waals surface area contributed by atoms with Gasteiger partial charge < -0.3 is 19.2 Å². The lowest BCUT2D eigenvalue weighted by Crippen LogP contribution is -2.21. The smallest absolute Gasteiger partial charge is 0.341 e. The minimum atomic E-state index is -0.606. The summed E-state index contributed by atoms with van der Waals surface area (Å²) in [6, 6.07) is 9.31. The molecular formula is C23H20N4O6S. The Labute approximate surface area is 197 Å². The van der Waals surface area contributed by atoms with Crippen LogP contribution in [0, 0.1) is 17.0 Å². The van der Waals surface area contributed by atoms with Gasteiger partial charge in [-0.2, -0.15) is 0 Å². The summed E-state index contributed by atoms with van der Waals surface area (Å²) < 4.78 is 12.7. The second kappa shape index (κ2) is 9.71. The topological polar surface area (TPSA) is 125 Å². The molecule has 0 aliphatic carbocycles. The number of amides is 1. The average molecular weight is 481 g/mol. The van der Waals surface area contributed by atoms with E-state index in [1.807, 2.05) is 19.3 Å². The molecule has 1 N–H and O–H groups in total. The van der Waals surface area contributed by atoms with E-state index < -0.39 is 16.8 Å². The predicted molar refractivity (Wildman–Crippen MR) is 126 cm³/mol. The van der Waals surface area contributed by atoms with E-state index >= 15 is 0 Å². The zero-order valence-electron chi connectivity index (χ0n) is 18.3. The number of nitro benzene ring substituents is 1. The number of aromatic nitrogens is 2. The van der Waals surface area contributed by atoms with Crippen molar-refractivity contribution in [2.45, 2.75) is 13.8 Å². The first-order valence-corrected chi connectivity index (χ1v) is 11.2. The summed E-state index contributed by atoms with van der Waals surface area (Å²) in [5, 5.41) is 15.6. The molecule has 4 aromatic rings. The summed E-state index contributed by atoms with van der Waals surface area (Å²) in [5.41, 5.74) is 2.62. The van der Waals surface area contributed by atoms with E-state index in [2.05, 4.69) is 10.3 Å². The maximum absolute atomic E-state index is 12.7. The van der Waals surface area contributed by atoms with Crippen LogP contribution in [0.15, 0.2) is 54.2 Å². The van der Waals surface area contributed by atoms with Crippen molar-refractivity contribution in [3.63, 3.8) is 0 Å². The fraction of sp³-hybridized carbons (Fsp3) is 0.174. The minimum absolute atomic E-state index is 0.0648. The van der Waals surface area contributed by atoms with Gasteiger partial charge in [0.2, 0.25) is 0 Å². The van der Waals surface area contributed by atoms with Crippen molar-refractivity contribution < 1.29 is 24.0 Å². The molecule has 10 nitrogen and oxygen atoms in total. The van der Waals surface area contributed by atoms with Gasteiger partial charge in [-0.1, -0.05) is 0 Å². The molecule has 1 aromatic carbocycles. The number of anilines is 1. The first kappa shape index (κ1) is 22.9. The molecule has 11 heteroatoms. The summed E-state index contributed by atoms with van der Waals surface area (Å²) in [6.07, 6.45) is 3.68. The second-order valence-electron chi connectivity index (χ2n) is 7.20. The van der Waals surface area contributed by atoms with E-state index in [4.69, 9.17) is 9.47 Å². The molecule has 1 amide bonds. The molecule has 0 bridgehead atoms. The van der Waals surface area contributed by atoms with E-state index in [0.717, 1.165) is 17.0 Å². The average Bonchev–Trinajstić information content (AvgIpc) is 3.40. The lowest BCUT2D eigenvalue weighted by molar-refractivity contribution is -0.384. The van der Waals surface area contributed by atoms with Crippen molar-refractivity contribution >= 4 is 39.5 Å². The van der Waals surface area contributed by atoms with Gasteiger partial charge in [0, 0.05) is 35.5 Å². The van der Waals surface area contributed by atoms with Gasteiger partial charge >= 0.3 is 5.97 Å². The molecule has 34 heavy (non-hydrogen) atoms. The number of nitrogens with zero attached hydrogens (tertiary/aromatic N) is 3. The summed E-state index contributed by atoms with van der Waals surface area (Å²) in [4.78, 5) is 40.2. The highest BCUT2D eigenvalue weighted by atomic mass is 32.1. The molecule has 0 saturated carbocycles. The van der Waals surface area contributed by atoms with Crippen LogP contribution in [-0.2, 0) is 9.53 Å². The van der Waals surface area contributed by atoms with E-state index in [1.165, 1.54) is 12.1 Å². The number of imidazole rings is 1. The highest BCUT2D eigenvalue weighted by Crippen LogP contribution is 2.37. The first-order valence-electron chi connectivity index (χ1n) is 10.3. The van der Waals surface area contributed by atoms with Crippen molar-refractivity contribution in [2.24, 2.45) is 0 Å². The van der Waals surface area contributed by atoms with Gasteiger partial charge in [0.1, 0.15) is 10.6 Å². The number of carbonyl (C=O) groups is 2. The Bertz CT molecular complexity index is 1380. The van der Waals surface area contributed by atoms with Crippen molar-refractivity contribution in [1.29, 1.82) is 0 Å². The molecule has 0 unspecified atom stereocenters. The highest BCUT2D eigenvalue weighted by Gasteiger charge is 2.23. The fourth-order valence-corrected chi connectivity index (χ4v) is 4.33. The van der Waals surface area contributed by atoms with Gasteiger partial charge in [0.15, 0.2) is 18.0 Å². The van der Waals surface area contributed by atoms with E-state index in [0.29, 0.717) is 27.5 Å². The summed E-state index contributed by atoms with van der Waals surface area (Å²) in [5.74, 6) is -0.618. The number of ether oxygens (including phenoxy) is 2. The number of thiophene rings is 1. The molecule has 0 radical (unpaired) electrons. The molecule has 3 heterocycles. The van der Waals surface area contributed by atoms with Crippen molar-refractivity contribution in [1.82, 2.24) is 9.38 Å². The zero-order valence-corrected chi connectivity index (χ0v) is 19.1. The second-order valence-corrected chi connectivity index (χ2v) is 8.08. The normalized spacial score (nSPS) is 10.8. The molecule has 0 aliphatic rings. The third kappa shape index (κ3) is 4.74. The molecule has 174 valence electrons. The monoisotopic (exact) mass is 480 g/mol. The number of nitrogens with one attached hydrogen (secondary N) is 1. The predicted octanol–water partition coefficient (Wildman–Crippen LogP) is 4.47. The molecule has 3 aromatic heterocycles. The van der Waals surface area contributed by atoms with E-state index in [9.17, 15) is 19.7 Å². The Morgan fingerprint density at radius 2 is 2.00 bits per heavy atom. The maximum atomic E-state index is 12.7. The van der Waals surface area contributed by atoms with Crippen LogP contribution in [0.2, 0.25) is 0 Å². The number of non-ortho nitro benzene ring substituents is 1. The van der Waals surface area contributed by atoms with Crippen LogP contribution in [0.5, 0.6) is 5.75 Å². The summed E-state index contributed by atoms with van der Waals surface area (Å²) >= 11 is 1.15. The Balaban J connectivity index is 1.55. The van der Waals surface area contributed by atoms with Crippen LogP contribution in [0.1, 0.15) is 23.0 Å².